The molecule has 4 N–H and O–H groups in total. The van der Waals surface area contributed by atoms with Gasteiger partial charge in [-0.05, 0) is 24.3 Å². The number of carbonyl (C=O) groups is 2. The second kappa shape index (κ2) is 6.81. The summed E-state index contributed by atoms with van der Waals surface area (Å²) in [7, 11) is -3.96. The molecular formula is C16H15N3O5S2. The number of para-hydroxylation sites is 1. The monoisotopic (exact) mass is 393 g/mol. The molecule has 3 aromatic rings. The van der Waals surface area contributed by atoms with E-state index in [1.807, 2.05) is 0 Å². The molecule has 0 spiro atoms. The summed E-state index contributed by atoms with van der Waals surface area (Å²) in [5.74, 6) is -1.35. The van der Waals surface area contributed by atoms with Gasteiger partial charge in [0.1, 0.15) is 15.5 Å². The van der Waals surface area contributed by atoms with Gasteiger partial charge in [0, 0.05) is 17.2 Å². The Morgan fingerprint density at radius 1 is 1.19 bits per heavy atom. The number of fused-ring (bicyclic) bond motifs is 1. The van der Waals surface area contributed by atoms with E-state index in [0.29, 0.717) is 15.8 Å². The molecule has 0 bridgehead atoms. The number of rotatable bonds is 6. The van der Waals surface area contributed by atoms with Gasteiger partial charge in [-0.15, -0.1) is 11.3 Å². The molecule has 0 aliphatic carbocycles. The van der Waals surface area contributed by atoms with Gasteiger partial charge in [0.15, 0.2) is 0 Å². The Bertz CT molecular complexity index is 1100. The third-order valence-electron chi connectivity index (χ3n) is 3.47. The first kappa shape index (κ1) is 18.0. The molecule has 136 valence electrons. The second-order valence-electron chi connectivity index (χ2n) is 5.40. The standard InChI is InChI=1S/C16H15N3O5S2/c1-9(20)18-8-10-6-7-13(25-10)26(22,23)19-14-11-4-2-3-5-12(11)24-15(14)16(17)21/h2-7,19H,8H2,1H3,(H2,17,21)(H,18,20). The molecule has 8 nitrogen and oxygen atoms in total. The molecule has 0 aliphatic rings. The first-order valence-corrected chi connectivity index (χ1v) is 9.75. The van der Waals surface area contributed by atoms with E-state index < -0.39 is 15.9 Å². The van der Waals surface area contributed by atoms with E-state index in [2.05, 4.69) is 10.0 Å². The van der Waals surface area contributed by atoms with Crippen molar-refractivity contribution in [3.8, 4) is 0 Å². The molecule has 0 radical (unpaired) electrons. The van der Waals surface area contributed by atoms with Crippen LogP contribution < -0.4 is 15.8 Å². The predicted molar refractivity (Wildman–Crippen MR) is 97.4 cm³/mol. The smallest absolute Gasteiger partial charge is 0.286 e. The van der Waals surface area contributed by atoms with Crippen LogP contribution in [-0.4, -0.2) is 20.2 Å². The maximum atomic E-state index is 12.7. The van der Waals surface area contributed by atoms with E-state index in [1.165, 1.54) is 13.0 Å². The first-order valence-electron chi connectivity index (χ1n) is 7.45. The first-order chi connectivity index (χ1) is 12.3. The van der Waals surface area contributed by atoms with Crippen LogP contribution in [0.2, 0.25) is 0 Å². The van der Waals surface area contributed by atoms with E-state index in [9.17, 15) is 18.0 Å². The van der Waals surface area contributed by atoms with Gasteiger partial charge in [0.05, 0.1) is 6.54 Å². The maximum absolute atomic E-state index is 12.7. The largest absolute Gasteiger partial charge is 0.449 e. The van der Waals surface area contributed by atoms with Crippen LogP contribution in [0, 0.1) is 0 Å². The minimum atomic E-state index is -3.96. The zero-order valence-corrected chi connectivity index (χ0v) is 15.2. The number of hydrogen-bond donors (Lipinski definition) is 3. The summed E-state index contributed by atoms with van der Waals surface area (Å²) in [5.41, 5.74) is 5.65. The number of benzene rings is 1. The van der Waals surface area contributed by atoms with Crippen LogP contribution in [0.4, 0.5) is 5.69 Å². The third kappa shape index (κ3) is 3.55. The van der Waals surface area contributed by atoms with Gasteiger partial charge in [-0.25, -0.2) is 8.42 Å². The number of thiophene rings is 1. The quantitative estimate of drug-likeness (QED) is 0.590. The van der Waals surface area contributed by atoms with E-state index >= 15 is 0 Å². The summed E-state index contributed by atoms with van der Waals surface area (Å²) in [6.07, 6.45) is 0. The minimum Gasteiger partial charge on any atom is -0.449 e. The fraction of sp³-hybridized carbons (Fsp3) is 0.125. The Morgan fingerprint density at radius 2 is 1.92 bits per heavy atom. The molecule has 10 heteroatoms. The van der Waals surface area contributed by atoms with Crippen molar-refractivity contribution in [2.45, 2.75) is 17.7 Å². The van der Waals surface area contributed by atoms with E-state index in [1.54, 1.807) is 30.3 Å². The van der Waals surface area contributed by atoms with Gasteiger partial charge in [-0.1, -0.05) is 12.1 Å². The van der Waals surface area contributed by atoms with E-state index in [-0.39, 0.29) is 28.1 Å². The van der Waals surface area contributed by atoms with E-state index in [0.717, 1.165) is 11.3 Å². The number of nitrogens with one attached hydrogen (secondary N) is 2. The van der Waals surface area contributed by atoms with Crippen LogP contribution in [-0.2, 0) is 21.4 Å². The van der Waals surface area contributed by atoms with Gasteiger partial charge in [-0.2, -0.15) is 0 Å². The van der Waals surface area contributed by atoms with Gasteiger partial charge in [0.25, 0.3) is 15.9 Å². The lowest BCUT2D eigenvalue weighted by molar-refractivity contribution is -0.119. The molecular weight excluding hydrogens is 378 g/mol. The lowest BCUT2D eigenvalue weighted by Crippen LogP contribution is -2.18. The van der Waals surface area contributed by atoms with Crippen molar-refractivity contribution in [1.82, 2.24) is 5.32 Å². The van der Waals surface area contributed by atoms with Crippen molar-refractivity contribution < 1.29 is 22.4 Å². The molecule has 2 heterocycles. The molecule has 0 atom stereocenters. The average Bonchev–Trinajstić information content (AvgIpc) is 3.18. The molecule has 0 unspecified atom stereocenters. The highest BCUT2D eigenvalue weighted by atomic mass is 32.2. The number of nitrogens with two attached hydrogens (primary N) is 1. The van der Waals surface area contributed by atoms with Gasteiger partial charge in [-0.3, -0.25) is 14.3 Å². The molecule has 3 rings (SSSR count). The number of amides is 2. The zero-order chi connectivity index (χ0) is 18.9. The summed E-state index contributed by atoms with van der Waals surface area (Å²) in [5, 5.41) is 3.03. The van der Waals surface area contributed by atoms with Crippen LogP contribution in [0.15, 0.2) is 45.0 Å². The number of furan rings is 1. The zero-order valence-electron chi connectivity index (χ0n) is 13.6. The maximum Gasteiger partial charge on any atom is 0.286 e. The summed E-state index contributed by atoms with van der Waals surface area (Å²) >= 11 is 1.01. The number of hydrogen-bond acceptors (Lipinski definition) is 6. The molecule has 0 fully saturated rings. The summed E-state index contributed by atoms with van der Waals surface area (Å²) in [4.78, 5) is 23.3. The number of carbonyl (C=O) groups excluding carboxylic acids is 2. The van der Waals surface area contributed by atoms with Crippen LogP contribution >= 0.6 is 11.3 Å². The Balaban J connectivity index is 1.95. The van der Waals surface area contributed by atoms with E-state index in [4.69, 9.17) is 10.2 Å². The van der Waals surface area contributed by atoms with Crippen molar-refractivity contribution in [2.75, 3.05) is 4.72 Å². The van der Waals surface area contributed by atoms with Crippen molar-refractivity contribution in [3.05, 3.63) is 47.0 Å². The Morgan fingerprint density at radius 3 is 2.62 bits per heavy atom. The molecule has 0 saturated carbocycles. The van der Waals surface area contributed by atoms with Crippen LogP contribution in [0.1, 0.15) is 22.4 Å². The summed E-state index contributed by atoms with van der Waals surface area (Å²) in [6.45, 7) is 1.61. The summed E-state index contributed by atoms with van der Waals surface area (Å²) in [6, 6.07) is 9.66. The highest BCUT2D eigenvalue weighted by Gasteiger charge is 2.25. The average molecular weight is 393 g/mol. The fourth-order valence-corrected chi connectivity index (χ4v) is 4.69. The lowest BCUT2D eigenvalue weighted by Gasteiger charge is -2.06. The topological polar surface area (TPSA) is 132 Å². The number of primary amides is 1. The summed E-state index contributed by atoms with van der Waals surface area (Å²) < 4.78 is 33.2. The highest BCUT2D eigenvalue weighted by Crippen LogP contribution is 2.33. The Labute approximate surface area is 153 Å². The van der Waals surface area contributed by atoms with Crippen molar-refractivity contribution in [2.24, 2.45) is 5.73 Å². The lowest BCUT2D eigenvalue weighted by atomic mass is 10.2. The molecule has 1 aromatic carbocycles. The molecule has 26 heavy (non-hydrogen) atoms. The predicted octanol–water partition coefficient (Wildman–Crippen LogP) is 2.03. The van der Waals surface area contributed by atoms with Crippen molar-refractivity contribution in [3.63, 3.8) is 0 Å². The van der Waals surface area contributed by atoms with Gasteiger partial charge < -0.3 is 15.5 Å². The third-order valence-corrected chi connectivity index (χ3v) is 6.40. The molecule has 2 amide bonds. The minimum absolute atomic E-state index is 0.00455. The molecule has 0 aliphatic heterocycles. The SMILES string of the molecule is CC(=O)NCc1ccc(S(=O)(=O)Nc2c(C(N)=O)oc3ccccc23)s1. The Kier molecular flexibility index (Phi) is 4.70. The van der Waals surface area contributed by atoms with Crippen LogP contribution in [0.5, 0.6) is 0 Å². The highest BCUT2D eigenvalue weighted by molar-refractivity contribution is 7.94. The Hall–Kier alpha value is -2.85. The number of anilines is 1. The molecule has 0 saturated heterocycles. The van der Waals surface area contributed by atoms with Gasteiger partial charge in [0.2, 0.25) is 11.7 Å². The number of sulfonamides is 1. The van der Waals surface area contributed by atoms with Gasteiger partial charge >= 0.3 is 0 Å². The molecule has 2 aromatic heterocycles. The fourth-order valence-electron chi connectivity index (χ4n) is 2.31. The normalized spacial score (nSPS) is 11.4. The van der Waals surface area contributed by atoms with Crippen LogP contribution in [0.25, 0.3) is 11.0 Å². The van der Waals surface area contributed by atoms with Crippen LogP contribution in [0.3, 0.4) is 0 Å². The van der Waals surface area contributed by atoms with Crippen molar-refractivity contribution >= 4 is 49.8 Å². The van der Waals surface area contributed by atoms with Crippen molar-refractivity contribution in [1.29, 1.82) is 0 Å². The second-order valence-corrected chi connectivity index (χ2v) is 8.48.